The number of thiophene rings is 2. The van der Waals surface area contributed by atoms with Crippen LogP contribution in [-0.4, -0.2) is 4.98 Å². The molecular weight excluding hydrogens is 577 g/mol. The smallest absolute Gasteiger partial charge is 0.162 e. The van der Waals surface area contributed by atoms with E-state index in [1.165, 1.54) is 45.7 Å². The number of aromatic nitrogens is 1. The summed E-state index contributed by atoms with van der Waals surface area (Å²) in [6.07, 6.45) is 3.87. The summed E-state index contributed by atoms with van der Waals surface area (Å²) in [5, 5.41) is 9.51. The molecule has 0 unspecified atom stereocenters. The SMILES string of the molecule is c1ccc2cc3c(cc2c1)oc1c(N(c2ccc4sc5ccccc5c4c2)c2ccc4sc5ccccc5c4c2)cncc13. The Morgan fingerprint density at radius 3 is 1.70 bits per heavy atom. The Balaban J connectivity index is 1.28. The molecule has 6 aromatic carbocycles. The van der Waals surface area contributed by atoms with Crippen molar-refractivity contribution in [3.8, 4) is 0 Å². The molecule has 3 nitrogen and oxygen atoms in total. The Hall–Kier alpha value is -5.23. The van der Waals surface area contributed by atoms with E-state index >= 15 is 0 Å². The fourth-order valence-electron chi connectivity index (χ4n) is 6.65. The van der Waals surface area contributed by atoms with Crippen molar-refractivity contribution in [2.45, 2.75) is 0 Å². The predicted molar refractivity (Wildman–Crippen MR) is 189 cm³/mol. The minimum atomic E-state index is 0.829. The minimum Gasteiger partial charge on any atom is -0.454 e. The van der Waals surface area contributed by atoms with Crippen LogP contribution in [-0.2, 0) is 0 Å². The Bertz CT molecular complexity index is 2640. The first-order chi connectivity index (χ1) is 21.8. The molecule has 0 fully saturated rings. The molecule has 0 atom stereocenters. The molecule has 0 N–H and O–H groups in total. The lowest BCUT2D eigenvalue weighted by molar-refractivity contribution is 0.669. The summed E-state index contributed by atoms with van der Waals surface area (Å²) in [6.45, 7) is 0. The summed E-state index contributed by atoms with van der Waals surface area (Å²) in [7, 11) is 0. The van der Waals surface area contributed by atoms with Gasteiger partial charge >= 0.3 is 0 Å². The molecule has 0 aliphatic heterocycles. The zero-order chi connectivity index (χ0) is 28.8. The quantitative estimate of drug-likeness (QED) is 0.203. The first-order valence-corrected chi connectivity index (χ1v) is 16.2. The van der Waals surface area contributed by atoms with Gasteiger partial charge in [-0.1, -0.05) is 60.7 Å². The molecule has 0 amide bonds. The van der Waals surface area contributed by atoms with Crippen LogP contribution in [0.3, 0.4) is 0 Å². The maximum Gasteiger partial charge on any atom is 0.162 e. The van der Waals surface area contributed by atoms with Crippen LogP contribution >= 0.6 is 22.7 Å². The second-order valence-corrected chi connectivity index (χ2v) is 13.4. The number of anilines is 3. The lowest BCUT2D eigenvalue weighted by Gasteiger charge is -2.25. The Labute approximate surface area is 259 Å². The van der Waals surface area contributed by atoms with Gasteiger partial charge in [-0.3, -0.25) is 4.98 Å². The van der Waals surface area contributed by atoms with Crippen LogP contribution in [0.15, 0.2) is 138 Å². The highest BCUT2D eigenvalue weighted by atomic mass is 32.1. The third-order valence-corrected chi connectivity index (χ3v) is 11.0. The fraction of sp³-hybridized carbons (Fsp3) is 0. The van der Waals surface area contributed by atoms with Gasteiger partial charge < -0.3 is 9.32 Å². The third-order valence-electron chi connectivity index (χ3n) is 8.71. The molecule has 44 heavy (non-hydrogen) atoms. The first-order valence-electron chi connectivity index (χ1n) is 14.6. The van der Waals surface area contributed by atoms with Gasteiger partial charge in [0, 0.05) is 68.7 Å². The average Bonchev–Trinajstić information content (AvgIpc) is 3.75. The molecule has 0 spiro atoms. The van der Waals surface area contributed by atoms with E-state index in [9.17, 15) is 0 Å². The highest BCUT2D eigenvalue weighted by molar-refractivity contribution is 7.26. The normalized spacial score (nSPS) is 12.1. The van der Waals surface area contributed by atoms with Crippen LogP contribution in [0.5, 0.6) is 0 Å². The van der Waals surface area contributed by atoms with Crippen molar-refractivity contribution < 1.29 is 4.42 Å². The molecule has 0 saturated heterocycles. The standard InChI is InChI=1S/C39H22N2OS2/c1-2-8-24-18-34-29(17-23(24)7-1)32-21-40-22-33(39(32)42-34)41(25-13-15-37-30(19-25)27-9-3-5-11-35(27)43-37)26-14-16-38-31(20-26)28-10-4-6-12-36(28)44-38/h1-22H. The lowest BCUT2D eigenvalue weighted by Crippen LogP contribution is -2.10. The van der Waals surface area contributed by atoms with Crippen LogP contribution in [0, 0.1) is 0 Å². The second-order valence-electron chi connectivity index (χ2n) is 11.2. The first kappa shape index (κ1) is 24.2. The van der Waals surface area contributed by atoms with Crippen LogP contribution in [0.4, 0.5) is 17.1 Å². The molecule has 206 valence electrons. The maximum absolute atomic E-state index is 6.72. The number of benzene rings is 6. The van der Waals surface area contributed by atoms with Crippen molar-refractivity contribution >= 4 is 113 Å². The summed E-state index contributed by atoms with van der Waals surface area (Å²) in [6, 6.07) is 43.7. The highest BCUT2D eigenvalue weighted by Gasteiger charge is 2.22. The zero-order valence-electron chi connectivity index (χ0n) is 23.3. The predicted octanol–water partition coefficient (Wildman–Crippen LogP) is 12.3. The number of fused-ring (bicyclic) bond motifs is 10. The van der Waals surface area contributed by atoms with Crippen molar-refractivity contribution in [2.75, 3.05) is 4.90 Å². The number of hydrogen-bond donors (Lipinski definition) is 0. The molecule has 5 heteroatoms. The van der Waals surface area contributed by atoms with Gasteiger partial charge in [-0.25, -0.2) is 0 Å². The van der Waals surface area contributed by atoms with Crippen molar-refractivity contribution in [1.82, 2.24) is 4.98 Å². The second kappa shape index (κ2) is 9.13. The van der Waals surface area contributed by atoms with E-state index < -0.39 is 0 Å². The largest absolute Gasteiger partial charge is 0.454 e. The van der Waals surface area contributed by atoms with Gasteiger partial charge in [0.15, 0.2) is 5.58 Å². The number of rotatable bonds is 3. The number of hydrogen-bond acceptors (Lipinski definition) is 5. The van der Waals surface area contributed by atoms with Crippen molar-refractivity contribution in [3.05, 3.63) is 134 Å². The van der Waals surface area contributed by atoms with Crippen LogP contribution in [0.1, 0.15) is 0 Å². The number of pyridine rings is 1. The third kappa shape index (κ3) is 3.51. The van der Waals surface area contributed by atoms with E-state index in [0.717, 1.165) is 44.4 Å². The van der Waals surface area contributed by atoms with Gasteiger partial charge in [0.05, 0.1) is 6.20 Å². The van der Waals surface area contributed by atoms with Crippen LogP contribution < -0.4 is 4.90 Å². The van der Waals surface area contributed by atoms with Gasteiger partial charge in [0.2, 0.25) is 0 Å². The Kier molecular flexibility index (Phi) is 5.03. The van der Waals surface area contributed by atoms with E-state index in [0.29, 0.717) is 0 Å². The van der Waals surface area contributed by atoms with E-state index in [2.05, 4.69) is 126 Å². The molecule has 10 rings (SSSR count). The van der Waals surface area contributed by atoms with E-state index in [1.807, 2.05) is 35.1 Å². The average molecular weight is 599 g/mol. The van der Waals surface area contributed by atoms with Gasteiger partial charge in [0.25, 0.3) is 0 Å². The number of furan rings is 1. The van der Waals surface area contributed by atoms with Gasteiger partial charge in [-0.05, 0) is 71.4 Å². The summed E-state index contributed by atoms with van der Waals surface area (Å²) in [4.78, 5) is 7.11. The van der Waals surface area contributed by atoms with Crippen LogP contribution in [0.25, 0.3) is 73.1 Å². The maximum atomic E-state index is 6.72. The molecule has 10 aromatic rings. The van der Waals surface area contributed by atoms with Crippen LogP contribution in [0.2, 0.25) is 0 Å². The molecule has 0 radical (unpaired) electrons. The summed E-state index contributed by atoms with van der Waals surface area (Å²) < 4.78 is 11.9. The van der Waals surface area contributed by atoms with E-state index in [-0.39, 0.29) is 0 Å². The fourth-order valence-corrected chi connectivity index (χ4v) is 8.83. The molecule has 0 bridgehead atoms. The van der Waals surface area contributed by atoms with E-state index in [4.69, 9.17) is 9.40 Å². The summed E-state index contributed by atoms with van der Waals surface area (Å²) >= 11 is 3.67. The van der Waals surface area contributed by atoms with Gasteiger partial charge in [-0.2, -0.15) is 0 Å². The summed E-state index contributed by atoms with van der Waals surface area (Å²) in [5.41, 5.74) is 4.75. The van der Waals surface area contributed by atoms with Crippen molar-refractivity contribution in [3.63, 3.8) is 0 Å². The molecule has 0 aliphatic rings. The zero-order valence-corrected chi connectivity index (χ0v) is 25.0. The number of nitrogens with zero attached hydrogens (tertiary/aromatic N) is 2. The van der Waals surface area contributed by atoms with Crippen molar-refractivity contribution in [1.29, 1.82) is 0 Å². The topological polar surface area (TPSA) is 29.3 Å². The van der Waals surface area contributed by atoms with Gasteiger partial charge in [-0.15, -0.1) is 22.7 Å². The minimum absolute atomic E-state index is 0.829. The molecule has 0 aliphatic carbocycles. The monoisotopic (exact) mass is 598 g/mol. The van der Waals surface area contributed by atoms with Crippen molar-refractivity contribution in [2.24, 2.45) is 0 Å². The lowest BCUT2D eigenvalue weighted by atomic mass is 10.1. The summed E-state index contributed by atoms with van der Waals surface area (Å²) in [5.74, 6) is 0. The molecular formula is C39H22N2OS2. The Morgan fingerprint density at radius 1 is 0.477 bits per heavy atom. The highest BCUT2D eigenvalue weighted by Crippen LogP contribution is 2.46. The molecule has 0 saturated carbocycles. The van der Waals surface area contributed by atoms with E-state index in [1.54, 1.807) is 0 Å². The molecule has 4 heterocycles. The Morgan fingerprint density at radius 2 is 1.05 bits per heavy atom. The molecule has 4 aromatic heterocycles. The van der Waals surface area contributed by atoms with Gasteiger partial charge in [0.1, 0.15) is 11.3 Å².